The normalized spacial score (nSPS) is 25.6. The fourth-order valence-electron chi connectivity index (χ4n) is 1.73. The molecule has 0 aliphatic carbocycles. The van der Waals surface area contributed by atoms with Gasteiger partial charge in [0, 0.05) is 0 Å². The van der Waals surface area contributed by atoms with Crippen LogP contribution in [0.5, 0.6) is 0 Å². The summed E-state index contributed by atoms with van der Waals surface area (Å²) in [5, 5.41) is 0. The molecule has 0 aromatic carbocycles. The first-order valence-electron chi connectivity index (χ1n) is 6.32. The molecule has 3 heteroatoms. The van der Waals surface area contributed by atoms with Gasteiger partial charge in [0.2, 0.25) is 0 Å². The van der Waals surface area contributed by atoms with Gasteiger partial charge in [-0.05, 0) is 12.8 Å². The van der Waals surface area contributed by atoms with Crippen molar-refractivity contribution < 1.29 is 14.2 Å². The van der Waals surface area contributed by atoms with Crippen LogP contribution >= 0.6 is 0 Å². The van der Waals surface area contributed by atoms with E-state index in [4.69, 9.17) is 14.2 Å². The van der Waals surface area contributed by atoms with Crippen LogP contribution in [0.1, 0.15) is 39.0 Å². The lowest BCUT2D eigenvalue weighted by Gasteiger charge is -2.29. The highest BCUT2D eigenvalue weighted by molar-refractivity contribution is 4.68. The van der Waals surface area contributed by atoms with E-state index in [1.165, 1.54) is 25.7 Å². The molecule has 0 amide bonds. The fraction of sp³-hybridized carbons (Fsp3) is 0.846. The Balaban J connectivity index is 2.00. The van der Waals surface area contributed by atoms with Gasteiger partial charge < -0.3 is 14.2 Å². The van der Waals surface area contributed by atoms with Gasteiger partial charge in [-0.1, -0.05) is 32.3 Å². The van der Waals surface area contributed by atoms with E-state index < -0.39 is 0 Å². The number of unbranched alkanes of at least 4 members (excludes halogenated alkanes) is 3. The van der Waals surface area contributed by atoms with Gasteiger partial charge in [0.15, 0.2) is 6.29 Å². The monoisotopic (exact) mass is 228 g/mol. The van der Waals surface area contributed by atoms with Crippen LogP contribution in [0.25, 0.3) is 0 Å². The lowest BCUT2D eigenvalue weighted by molar-refractivity contribution is -0.226. The van der Waals surface area contributed by atoms with Crippen LogP contribution in [0.4, 0.5) is 0 Å². The molecule has 0 unspecified atom stereocenters. The van der Waals surface area contributed by atoms with E-state index in [1.807, 2.05) is 0 Å². The van der Waals surface area contributed by atoms with Crippen molar-refractivity contribution in [3.63, 3.8) is 0 Å². The molecule has 0 aromatic heterocycles. The first-order chi connectivity index (χ1) is 7.86. The summed E-state index contributed by atoms with van der Waals surface area (Å²) in [7, 11) is 0. The molecular formula is C13H24O3. The minimum absolute atomic E-state index is 0.0135. The second-order valence-corrected chi connectivity index (χ2v) is 4.19. The van der Waals surface area contributed by atoms with Crippen molar-refractivity contribution in [2.75, 3.05) is 19.8 Å². The quantitative estimate of drug-likeness (QED) is 0.472. The van der Waals surface area contributed by atoms with Crippen LogP contribution in [0.15, 0.2) is 12.7 Å². The molecule has 1 aliphatic heterocycles. The molecule has 0 bridgehead atoms. The summed E-state index contributed by atoms with van der Waals surface area (Å²) in [5.41, 5.74) is 0. The molecule has 0 aromatic rings. The smallest absolute Gasteiger partial charge is 0.157 e. The second kappa shape index (κ2) is 8.74. The first-order valence-corrected chi connectivity index (χ1v) is 6.32. The molecule has 0 spiro atoms. The van der Waals surface area contributed by atoms with Gasteiger partial charge in [0.1, 0.15) is 6.10 Å². The van der Waals surface area contributed by atoms with E-state index in [-0.39, 0.29) is 12.4 Å². The summed E-state index contributed by atoms with van der Waals surface area (Å²) < 4.78 is 16.6. The van der Waals surface area contributed by atoms with Crippen LogP contribution in [-0.4, -0.2) is 32.2 Å². The lowest BCUT2D eigenvalue weighted by atomic mass is 10.1. The number of hydrogen-bond acceptors (Lipinski definition) is 3. The maximum absolute atomic E-state index is 5.59. The van der Waals surface area contributed by atoms with E-state index in [0.29, 0.717) is 19.8 Å². The average Bonchev–Trinajstić information content (AvgIpc) is 2.33. The van der Waals surface area contributed by atoms with E-state index in [1.54, 1.807) is 6.08 Å². The third kappa shape index (κ3) is 5.64. The Morgan fingerprint density at radius 1 is 1.25 bits per heavy atom. The van der Waals surface area contributed by atoms with Gasteiger partial charge in [0.25, 0.3) is 0 Å². The van der Waals surface area contributed by atoms with Crippen molar-refractivity contribution in [2.45, 2.75) is 51.4 Å². The largest absolute Gasteiger partial charge is 0.369 e. The predicted octanol–water partition coefficient (Wildman–Crippen LogP) is 2.90. The SMILES string of the molecule is C=CCO[C@H]1CO[C@H](CCCCCC)OC1. The van der Waals surface area contributed by atoms with Crippen molar-refractivity contribution in [3.8, 4) is 0 Å². The third-order valence-electron chi connectivity index (χ3n) is 2.68. The van der Waals surface area contributed by atoms with E-state index in [2.05, 4.69) is 13.5 Å². The molecule has 0 N–H and O–H groups in total. The molecular weight excluding hydrogens is 204 g/mol. The van der Waals surface area contributed by atoms with Gasteiger partial charge in [-0.3, -0.25) is 0 Å². The molecule has 16 heavy (non-hydrogen) atoms. The zero-order chi connectivity index (χ0) is 11.6. The Labute approximate surface area is 98.8 Å². The Hall–Kier alpha value is -0.380. The van der Waals surface area contributed by atoms with Crippen molar-refractivity contribution in [2.24, 2.45) is 0 Å². The highest BCUT2D eigenvalue weighted by Crippen LogP contribution is 2.15. The summed E-state index contributed by atoms with van der Waals surface area (Å²) in [5.74, 6) is 0. The summed E-state index contributed by atoms with van der Waals surface area (Å²) in [6.45, 7) is 7.69. The lowest BCUT2D eigenvalue weighted by Crippen LogP contribution is -2.37. The van der Waals surface area contributed by atoms with E-state index in [9.17, 15) is 0 Å². The maximum Gasteiger partial charge on any atom is 0.157 e. The second-order valence-electron chi connectivity index (χ2n) is 4.19. The molecule has 94 valence electrons. The van der Waals surface area contributed by atoms with Crippen molar-refractivity contribution >= 4 is 0 Å². The van der Waals surface area contributed by atoms with Gasteiger partial charge in [-0.25, -0.2) is 0 Å². The van der Waals surface area contributed by atoms with E-state index in [0.717, 1.165) is 6.42 Å². The summed E-state index contributed by atoms with van der Waals surface area (Å²) in [6.07, 6.45) is 7.85. The Morgan fingerprint density at radius 2 is 2.00 bits per heavy atom. The van der Waals surface area contributed by atoms with Crippen molar-refractivity contribution in [1.29, 1.82) is 0 Å². The molecule has 1 rings (SSSR count). The number of hydrogen-bond donors (Lipinski definition) is 0. The summed E-state index contributed by atoms with van der Waals surface area (Å²) in [4.78, 5) is 0. The Morgan fingerprint density at radius 3 is 2.62 bits per heavy atom. The minimum Gasteiger partial charge on any atom is -0.369 e. The highest BCUT2D eigenvalue weighted by atomic mass is 16.7. The average molecular weight is 228 g/mol. The predicted molar refractivity (Wildman–Crippen MR) is 64.4 cm³/mol. The van der Waals surface area contributed by atoms with Crippen molar-refractivity contribution in [3.05, 3.63) is 12.7 Å². The van der Waals surface area contributed by atoms with Gasteiger partial charge in [0.05, 0.1) is 19.8 Å². The first kappa shape index (κ1) is 13.7. The molecule has 0 radical (unpaired) electrons. The summed E-state index contributed by atoms with van der Waals surface area (Å²) in [6, 6.07) is 0. The Kier molecular flexibility index (Phi) is 7.47. The van der Waals surface area contributed by atoms with Gasteiger partial charge in [-0.2, -0.15) is 0 Å². The highest BCUT2D eigenvalue weighted by Gasteiger charge is 2.21. The zero-order valence-corrected chi connectivity index (χ0v) is 10.3. The molecule has 1 aliphatic rings. The number of ether oxygens (including phenoxy) is 3. The molecule has 3 nitrogen and oxygen atoms in total. The molecule has 0 atom stereocenters. The van der Waals surface area contributed by atoms with E-state index >= 15 is 0 Å². The molecule has 1 heterocycles. The Bertz CT molecular complexity index is 174. The zero-order valence-electron chi connectivity index (χ0n) is 10.3. The van der Waals surface area contributed by atoms with Crippen LogP contribution in [-0.2, 0) is 14.2 Å². The topological polar surface area (TPSA) is 27.7 Å². The van der Waals surface area contributed by atoms with Gasteiger partial charge >= 0.3 is 0 Å². The molecule has 1 fully saturated rings. The van der Waals surface area contributed by atoms with Crippen LogP contribution in [0, 0.1) is 0 Å². The molecule has 0 saturated carbocycles. The summed E-state index contributed by atoms with van der Waals surface area (Å²) >= 11 is 0. The van der Waals surface area contributed by atoms with Crippen molar-refractivity contribution in [1.82, 2.24) is 0 Å². The standard InChI is InChI=1S/C13H24O3/c1-3-5-6-7-8-13-15-10-12(11-16-13)14-9-4-2/h4,12-13H,2-3,5-11H2,1H3/t12-,13-. The maximum atomic E-state index is 5.59. The van der Waals surface area contributed by atoms with Crippen LogP contribution < -0.4 is 0 Å². The van der Waals surface area contributed by atoms with Crippen LogP contribution in [0.3, 0.4) is 0 Å². The molecule has 1 saturated heterocycles. The minimum atomic E-state index is -0.0135. The fourth-order valence-corrected chi connectivity index (χ4v) is 1.73. The number of rotatable bonds is 8. The van der Waals surface area contributed by atoms with Gasteiger partial charge in [-0.15, -0.1) is 6.58 Å². The third-order valence-corrected chi connectivity index (χ3v) is 2.68. The van der Waals surface area contributed by atoms with Crippen LogP contribution in [0.2, 0.25) is 0 Å².